The number of amides is 1. The Bertz CT molecular complexity index is 857. The maximum absolute atomic E-state index is 12.3. The first-order valence-corrected chi connectivity index (χ1v) is 8.39. The van der Waals surface area contributed by atoms with Gasteiger partial charge >= 0.3 is 0 Å². The Balaban J connectivity index is 1.78. The number of carbonyl (C=O) groups is 1. The smallest absolute Gasteiger partial charge is 0.276 e. The molecule has 2 heterocycles. The number of fused-ring (bicyclic) bond motifs is 1. The number of anilines is 1. The number of benzene rings is 1. The molecule has 0 atom stereocenters. The molecule has 0 aliphatic heterocycles. The summed E-state index contributed by atoms with van der Waals surface area (Å²) in [4.78, 5) is 12.3. The fourth-order valence-electron chi connectivity index (χ4n) is 2.77. The van der Waals surface area contributed by atoms with E-state index in [0.29, 0.717) is 17.5 Å². The van der Waals surface area contributed by atoms with Crippen molar-refractivity contribution < 1.29 is 4.79 Å². The van der Waals surface area contributed by atoms with Gasteiger partial charge < -0.3 is 9.88 Å². The fraction of sp³-hybridized carbons (Fsp3) is 0.368. The summed E-state index contributed by atoms with van der Waals surface area (Å²) in [5.74, 6) is 0.713. The van der Waals surface area contributed by atoms with Crippen LogP contribution in [0.1, 0.15) is 49.8 Å². The van der Waals surface area contributed by atoms with Crippen LogP contribution >= 0.6 is 0 Å². The van der Waals surface area contributed by atoms with Gasteiger partial charge in [-0.2, -0.15) is 5.10 Å². The van der Waals surface area contributed by atoms with E-state index in [-0.39, 0.29) is 5.91 Å². The number of carbonyl (C=O) groups excluding carboxylic acids is 1. The molecule has 3 aromatic rings. The number of aromatic nitrogens is 3. The molecule has 1 amide bonds. The second-order valence-corrected chi connectivity index (χ2v) is 6.95. The van der Waals surface area contributed by atoms with Crippen LogP contribution in [0.3, 0.4) is 0 Å². The minimum Gasteiger partial charge on any atom is -0.347 e. The van der Waals surface area contributed by atoms with E-state index < -0.39 is 0 Å². The van der Waals surface area contributed by atoms with Gasteiger partial charge in [0.25, 0.3) is 5.91 Å². The number of hydrogen-bond donors (Lipinski definition) is 2. The molecule has 2 N–H and O–H groups in total. The van der Waals surface area contributed by atoms with Gasteiger partial charge in [0, 0.05) is 35.0 Å². The van der Waals surface area contributed by atoms with Crippen LogP contribution in [0.4, 0.5) is 5.69 Å². The molecule has 0 radical (unpaired) electrons. The standard InChI is InChI=1S/C19H24N4O/c1-12(2)11-23-8-7-14-9-15(5-6-18(14)23)20-19(24)17-10-16(13(3)4)21-22-17/h5-10,12-13H,11H2,1-4H3,(H,20,24)(H,21,22). The number of rotatable bonds is 5. The SMILES string of the molecule is CC(C)Cn1ccc2cc(NC(=O)c3cc(C(C)C)[nH]n3)ccc21. The van der Waals surface area contributed by atoms with Crippen molar-refractivity contribution in [3.8, 4) is 0 Å². The summed E-state index contributed by atoms with van der Waals surface area (Å²) in [6, 6.07) is 9.88. The Morgan fingerprint density at radius 1 is 1.21 bits per heavy atom. The van der Waals surface area contributed by atoms with E-state index >= 15 is 0 Å². The second kappa shape index (κ2) is 6.51. The van der Waals surface area contributed by atoms with E-state index in [4.69, 9.17) is 0 Å². The Morgan fingerprint density at radius 3 is 2.67 bits per heavy atom. The zero-order valence-corrected chi connectivity index (χ0v) is 14.6. The quantitative estimate of drug-likeness (QED) is 0.731. The lowest BCUT2D eigenvalue weighted by molar-refractivity contribution is 0.102. The molecule has 1 aromatic carbocycles. The van der Waals surface area contributed by atoms with Gasteiger partial charge in [0.1, 0.15) is 0 Å². The predicted molar refractivity (Wildman–Crippen MR) is 97.4 cm³/mol. The molecule has 2 aromatic heterocycles. The van der Waals surface area contributed by atoms with Gasteiger partial charge in [0.05, 0.1) is 0 Å². The molecule has 0 aliphatic rings. The Hall–Kier alpha value is -2.56. The zero-order chi connectivity index (χ0) is 17.3. The fourth-order valence-corrected chi connectivity index (χ4v) is 2.77. The highest BCUT2D eigenvalue weighted by molar-refractivity contribution is 6.03. The monoisotopic (exact) mass is 324 g/mol. The van der Waals surface area contributed by atoms with Crippen LogP contribution in [0.25, 0.3) is 10.9 Å². The number of nitrogens with one attached hydrogen (secondary N) is 2. The second-order valence-electron chi connectivity index (χ2n) is 6.95. The maximum atomic E-state index is 12.3. The molecule has 126 valence electrons. The minimum atomic E-state index is -0.195. The summed E-state index contributed by atoms with van der Waals surface area (Å²) in [7, 11) is 0. The van der Waals surface area contributed by atoms with Gasteiger partial charge in [-0.15, -0.1) is 0 Å². The molecule has 0 saturated carbocycles. The van der Waals surface area contributed by atoms with Crippen molar-refractivity contribution in [2.24, 2.45) is 5.92 Å². The molecular weight excluding hydrogens is 300 g/mol. The van der Waals surface area contributed by atoms with Crippen molar-refractivity contribution >= 4 is 22.5 Å². The minimum absolute atomic E-state index is 0.195. The largest absolute Gasteiger partial charge is 0.347 e. The lowest BCUT2D eigenvalue weighted by atomic mass is 10.1. The van der Waals surface area contributed by atoms with Crippen molar-refractivity contribution in [1.29, 1.82) is 0 Å². The zero-order valence-electron chi connectivity index (χ0n) is 14.6. The Kier molecular flexibility index (Phi) is 4.42. The van der Waals surface area contributed by atoms with Crippen LogP contribution in [0, 0.1) is 5.92 Å². The summed E-state index contributed by atoms with van der Waals surface area (Å²) in [6.07, 6.45) is 2.10. The Labute approximate surface area is 142 Å². The van der Waals surface area contributed by atoms with Gasteiger partial charge in [-0.05, 0) is 42.2 Å². The van der Waals surface area contributed by atoms with Gasteiger partial charge in [-0.25, -0.2) is 0 Å². The number of aromatic amines is 1. The number of hydrogen-bond acceptors (Lipinski definition) is 2. The van der Waals surface area contributed by atoms with Gasteiger partial charge in [-0.1, -0.05) is 27.7 Å². The van der Waals surface area contributed by atoms with E-state index in [1.54, 1.807) is 6.07 Å². The molecule has 0 fully saturated rings. The van der Waals surface area contributed by atoms with Gasteiger partial charge in [0.15, 0.2) is 5.69 Å². The van der Waals surface area contributed by atoms with E-state index in [2.05, 4.69) is 66.1 Å². The third-order valence-electron chi connectivity index (χ3n) is 4.04. The topological polar surface area (TPSA) is 62.7 Å². The molecule has 3 rings (SSSR count). The predicted octanol–water partition coefficient (Wildman–Crippen LogP) is 4.40. The van der Waals surface area contributed by atoms with Crippen molar-refractivity contribution in [2.45, 2.75) is 40.2 Å². The summed E-state index contributed by atoms with van der Waals surface area (Å²) in [5.41, 5.74) is 3.34. The maximum Gasteiger partial charge on any atom is 0.276 e. The van der Waals surface area contributed by atoms with Crippen LogP contribution in [-0.2, 0) is 6.54 Å². The first-order chi connectivity index (χ1) is 11.4. The molecule has 0 aliphatic carbocycles. The lowest BCUT2D eigenvalue weighted by Gasteiger charge is -2.09. The van der Waals surface area contributed by atoms with E-state index in [1.807, 2.05) is 12.1 Å². The van der Waals surface area contributed by atoms with Crippen molar-refractivity contribution in [3.05, 3.63) is 47.9 Å². The lowest BCUT2D eigenvalue weighted by Crippen LogP contribution is -2.12. The van der Waals surface area contributed by atoms with Crippen molar-refractivity contribution in [2.75, 3.05) is 5.32 Å². The third kappa shape index (κ3) is 3.35. The summed E-state index contributed by atoms with van der Waals surface area (Å²) in [5, 5.41) is 11.0. The van der Waals surface area contributed by atoms with Crippen molar-refractivity contribution in [1.82, 2.24) is 14.8 Å². The third-order valence-corrected chi connectivity index (χ3v) is 4.04. The molecular formula is C19H24N4O. The van der Waals surface area contributed by atoms with E-state index in [0.717, 1.165) is 23.3 Å². The molecule has 24 heavy (non-hydrogen) atoms. The van der Waals surface area contributed by atoms with Gasteiger partial charge in [-0.3, -0.25) is 9.89 Å². The highest BCUT2D eigenvalue weighted by Crippen LogP contribution is 2.22. The normalized spacial score (nSPS) is 11.6. The highest BCUT2D eigenvalue weighted by Gasteiger charge is 2.13. The van der Waals surface area contributed by atoms with E-state index in [9.17, 15) is 4.79 Å². The van der Waals surface area contributed by atoms with Gasteiger partial charge in [0.2, 0.25) is 0 Å². The molecule has 5 heteroatoms. The van der Waals surface area contributed by atoms with E-state index in [1.165, 1.54) is 5.52 Å². The molecule has 0 unspecified atom stereocenters. The summed E-state index contributed by atoms with van der Waals surface area (Å²) < 4.78 is 2.24. The highest BCUT2D eigenvalue weighted by atomic mass is 16.1. The van der Waals surface area contributed by atoms with Crippen LogP contribution in [0.2, 0.25) is 0 Å². The summed E-state index contributed by atoms with van der Waals surface area (Å²) in [6.45, 7) is 9.52. The molecule has 0 bridgehead atoms. The number of nitrogens with zero attached hydrogens (tertiary/aromatic N) is 2. The first kappa shape index (κ1) is 16.3. The first-order valence-electron chi connectivity index (χ1n) is 8.39. The van der Waals surface area contributed by atoms with Crippen LogP contribution in [0.15, 0.2) is 36.5 Å². The average molecular weight is 324 g/mol. The summed E-state index contributed by atoms with van der Waals surface area (Å²) >= 11 is 0. The van der Waals surface area contributed by atoms with Crippen LogP contribution < -0.4 is 5.32 Å². The molecule has 5 nitrogen and oxygen atoms in total. The average Bonchev–Trinajstić information content (AvgIpc) is 3.14. The van der Waals surface area contributed by atoms with Crippen molar-refractivity contribution in [3.63, 3.8) is 0 Å². The van der Waals surface area contributed by atoms with Crippen LogP contribution in [0.5, 0.6) is 0 Å². The Morgan fingerprint density at radius 2 is 2.00 bits per heavy atom. The van der Waals surface area contributed by atoms with Crippen LogP contribution in [-0.4, -0.2) is 20.7 Å². The number of H-pyrrole nitrogens is 1. The molecule has 0 saturated heterocycles. The molecule has 0 spiro atoms.